The molecule has 108 valence electrons. The molecular formula is C16H32O2. The highest BCUT2D eigenvalue weighted by molar-refractivity contribution is 5.69. The van der Waals surface area contributed by atoms with Crippen molar-refractivity contribution >= 4 is 5.97 Å². The van der Waals surface area contributed by atoms with Gasteiger partial charge in [-0.2, -0.15) is 0 Å². The Hall–Kier alpha value is -0.530. The largest absolute Gasteiger partial charge is 0.463 e. The third-order valence-electron chi connectivity index (χ3n) is 3.26. The van der Waals surface area contributed by atoms with E-state index in [9.17, 15) is 4.79 Å². The molecule has 0 unspecified atom stereocenters. The number of hydrogen-bond donors (Lipinski definition) is 0. The second-order valence-corrected chi connectivity index (χ2v) is 5.74. The molecule has 0 N–H and O–H groups in total. The van der Waals surface area contributed by atoms with E-state index in [1.165, 1.54) is 44.9 Å². The third kappa shape index (κ3) is 11.9. The molecule has 0 spiro atoms. The number of rotatable bonds is 11. The molecule has 2 nitrogen and oxygen atoms in total. The van der Waals surface area contributed by atoms with Crippen LogP contribution in [-0.2, 0) is 9.53 Å². The first-order valence-electron chi connectivity index (χ1n) is 7.75. The summed E-state index contributed by atoms with van der Waals surface area (Å²) in [6, 6.07) is 0. The summed E-state index contributed by atoms with van der Waals surface area (Å²) in [5.41, 5.74) is 0. The normalized spacial score (nSPS) is 12.7. The van der Waals surface area contributed by atoms with Gasteiger partial charge in [-0.25, -0.2) is 0 Å². The monoisotopic (exact) mass is 256 g/mol. The SMILES string of the molecule is CCCCCCCC[C@H](C)CCC(=O)OC(C)C. The lowest BCUT2D eigenvalue weighted by atomic mass is 9.97. The summed E-state index contributed by atoms with van der Waals surface area (Å²) >= 11 is 0. The first-order chi connectivity index (χ1) is 8.56. The van der Waals surface area contributed by atoms with Crippen molar-refractivity contribution in [2.45, 2.75) is 91.6 Å². The second kappa shape index (κ2) is 11.6. The van der Waals surface area contributed by atoms with Crippen LogP contribution in [0, 0.1) is 5.92 Å². The summed E-state index contributed by atoms with van der Waals surface area (Å²) in [6.07, 6.45) is 10.9. The fourth-order valence-electron chi connectivity index (χ4n) is 2.10. The topological polar surface area (TPSA) is 26.3 Å². The summed E-state index contributed by atoms with van der Waals surface area (Å²) in [5, 5.41) is 0. The highest BCUT2D eigenvalue weighted by Gasteiger charge is 2.08. The van der Waals surface area contributed by atoms with Crippen molar-refractivity contribution in [2.75, 3.05) is 0 Å². The van der Waals surface area contributed by atoms with Gasteiger partial charge in [-0.3, -0.25) is 4.79 Å². The van der Waals surface area contributed by atoms with E-state index in [1.807, 2.05) is 13.8 Å². The van der Waals surface area contributed by atoms with Crippen LogP contribution in [0.3, 0.4) is 0 Å². The number of carbonyl (C=O) groups is 1. The Kier molecular flexibility index (Phi) is 11.2. The van der Waals surface area contributed by atoms with Crippen molar-refractivity contribution < 1.29 is 9.53 Å². The Morgan fingerprint density at radius 1 is 0.944 bits per heavy atom. The summed E-state index contributed by atoms with van der Waals surface area (Å²) < 4.78 is 5.13. The predicted octanol–water partition coefficient (Wildman–Crippen LogP) is 5.10. The maximum Gasteiger partial charge on any atom is 0.306 e. The van der Waals surface area contributed by atoms with Gasteiger partial charge in [0.15, 0.2) is 0 Å². The van der Waals surface area contributed by atoms with Gasteiger partial charge < -0.3 is 4.74 Å². The number of ether oxygens (including phenoxy) is 1. The van der Waals surface area contributed by atoms with Crippen LogP contribution in [0.5, 0.6) is 0 Å². The molecule has 0 amide bonds. The molecule has 0 fully saturated rings. The maximum atomic E-state index is 11.4. The van der Waals surface area contributed by atoms with Gasteiger partial charge in [-0.15, -0.1) is 0 Å². The van der Waals surface area contributed by atoms with Gasteiger partial charge >= 0.3 is 5.97 Å². The van der Waals surface area contributed by atoms with Crippen LogP contribution < -0.4 is 0 Å². The van der Waals surface area contributed by atoms with E-state index in [4.69, 9.17) is 4.74 Å². The number of esters is 1. The molecule has 0 rings (SSSR count). The molecule has 2 heteroatoms. The molecule has 18 heavy (non-hydrogen) atoms. The maximum absolute atomic E-state index is 11.4. The molecule has 0 radical (unpaired) electrons. The van der Waals surface area contributed by atoms with E-state index in [1.54, 1.807) is 0 Å². The van der Waals surface area contributed by atoms with Gasteiger partial charge in [-0.05, 0) is 26.2 Å². The van der Waals surface area contributed by atoms with E-state index in [0.717, 1.165) is 6.42 Å². The van der Waals surface area contributed by atoms with Crippen LogP contribution in [0.1, 0.15) is 85.5 Å². The molecule has 0 aromatic rings. The average molecular weight is 256 g/mol. The number of unbranched alkanes of at least 4 members (excludes halogenated alkanes) is 5. The van der Waals surface area contributed by atoms with Gasteiger partial charge in [0.05, 0.1) is 6.10 Å². The van der Waals surface area contributed by atoms with Crippen molar-refractivity contribution in [2.24, 2.45) is 5.92 Å². The average Bonchev–Trinajstić information content (AvgIpc) is 2.30. The van der Waals surface area contributed by atoms with Crippen molar-refractivity contribution in [3.63, 3.8) is 0 Å². The zero-order valence-corrected chi connectivity index (χ0v) is 12.8. The summed E-state index contributed by atoms with van der Waals surface area (Å²) in [4.78, 5) is 11.4. The lowest BCUT2D eigenvalue weighted by molar-refractivity contribution is -0.147. The first kappa shape index (κ1) is 17.5. The van der Waals surface area contributed by atoms with Crippen LogP contribution in [0.15, 0.2) is 0 Å². The van der Waals surface area contributed by atoms with Crippen molar-refractivity contribution in [1.82, 2.24) is 0 Å². The Morgan fingerprint density at radius 3 is 2.17 bits per heavy atom. The first-order valence-corrected chi connectivity index (χ1v) is 7.75. The van der Waals surface area contributed by atoms with Gasteiger partial charge in [-0.1, -0.05) is 58.8 Å². The van der Waals surface area contributed by atoms with E-state index in [-0.39, 0.29) is 12.1 Å². The van der Waals surface area contributed by atoms with Crippen LogP contribution in [0.25, 0.3) is 0 Å². The summed E-state index contributed by atoms with van der Waals surface area (Å²) in [5.74, 6) is 0.607. The van der Waals surface area contributed by atoms with Crippen LogP contribution in [0.4, 0.5) is 0 Å². The highest BCUT2D eigenvalue weighted by atomic mass is 16.5. The van der Waals surface area contributed by atoms with Gasteiger partial charge in [0, 0.05) is 6.42 Å². The van der Waals surface area contributed by atoms with E-state index < -0.39 is 0 Å². The minimum Gasteiger partial charge on any atom is -0.463 e. The van der Waals surface area contributed by atoms with E-state index >= 15 is 0 Å². The van der Waals surface area contributed by atoms with E-state index in [2.05, 4.69) is 13.8 Å². The molecule has 0 saturated heterocycles. The summed E-state index contributed by atoms with van der Waals surface area (Å²) in [7, 11) is 0. The van der Waals surface area contributed by atoms with Gasteiger partial charge in [0.1, 0.15) is 0 Å². The van der Waals surface area contributed by atoms with Crippen LogP contribution in [0.2, 0.25) is 0 Å². The molecular weight excluding hydrogens is 224 g/mol. The second-order valence-electron chi connectivity index (χ2n) is 5.74. The molecule has 0 heterocycles. The Bertz CT molecular complexity index is 199. The van der Waals surface area contributed by atoms with Crippen LogP contribution >= 0.6 is 0 Å². The zero-order chi connectivity index (χ0) is 13.8. The lowest BCUT2D eigenvalue weighted by Gasteiger charge is -2.12. The molecule has 0 aliphatic carbocycles. The molecule has 1 atom stereocenters. The van der Waals surface area contributed by atoms with Crippen molar-refractivity contribution in [1.29, 1.82) is 0 Å². The van der Waals surface area contributed by atoms with Crippen molar-refractivity contribution in [3.8, 4) is 0 Å². The standard InChI is InChI=1S/C16H32O2/c1-5-6-7-8-9-10-11-15(4)12-13-16(17)18-14(2)3/h14-15H,5-13H2,1-4H3/t15-/m0/s1. The quantitative estimate of drug-likeness (QED) is 0.379. The minimum absolute atomic E-state index is 0.0198. The van der Waals surface area contributed by atoms with Crippen molar-refractivity contribution in [3.05, 3.63) is 0 Å². The minimum atomic E-state index is -0.0419. The fourth-order valence-corrected chi connectivity index (χ4v) is 2.10. The number of carbonyl (C=O) groups excluding carboxylic acids is 1. The molecule has 0 aromatic carbocycles. The van der Waals surface area contributed by atoms with Crippen LogP contribution in [-0.4, -0.2) is 12.1 Å². The predicted molar refractivity (Wildman–Crippen MR) is 77.6 cm³/mol. The van der Waals surface area contributed by atoms with Gasteiger partial charge in [0.25, 0.3) is 0 Å². The lowest BCUT2D eigenvalue weighted by Crippen LogP contribution is -2.12. The molecule has 0 aliphatic heterocycles. The Labute approximate surface area is 113 Å². The smallest absolute Gasteiger partial charge is 0.306 e. The van der Waals surface area contributed by atoms with E-state index in [0.29, 0.717) is 12.3 Å². The molecule has 0 aliphatic rings. The molecule has 0 aromatic heterocycles. The number of hydrogen-bond acceptors (Lipinski definition) is 2. The van der Waals surface area contributed by atoms with Gasteiger partial charge in [0.2, 0.25) is 0 Å². The summed E-state index contributed by atoms with van der Waals surface area (Å²) in [6.45, 7) is 8.29. The molecule has 0 bridgehead atoms. The highest BCUT2D eigenvalue weighted by Crippen LogP contribution is 2.16. The Balaban J connectivity index is 3.37. The Morgan fingerprint density at radius 2 is 1.56 bits per heavy atom. The zero-order valence-electron chi connectivity index (χ0n) is 12.8. The molecule has 0 saturated carbocycles. The third-order valence-corrected chi connectivity index (χ3v) is 3.26. The fraction of sp³-hybridized carbons (Fsp3) is 0.938.